The van der Waals surface area contributed by atoms with Gasteiger partial charge in [-0.1, -0.05) is 18.5 Å². The molecule has 0 fully saturated rings. The van der Waals surface area contributed by atoms with Crippen LogP contribution in [0.15, 0.2) is 29.0 Å². The fourth-order valence-corrected chi connectivity index (χ4v) is 2.48. The predicted molar refractivity (Wildman–Crippen MR) is 73.5 cm³/mol. The molecule has 0 aliphatic carbocycles. The molecule has 2 heterocycles. The molecule has 2 rings (SSSR count). The van der Waals surface area contributed by atoms with Gasteiger partial charge < -0.3 is 5.11 Å². The van der Waals surface area contributed by atoms with E-state index in [1.54, 1.807) is 23.1 Å². The molecule has 0 amide bonds. The summed E-state index contributed by atoms with van der Waals surface area (Å²) in [5.41, 5.74) is 1.12. The van der Waals surface area contributed by atoms with Gasteiger partial charge in [-0.3, -0.25) is 9.67 Å². The maximum Gasteiger partial charge on any atom is 0.140 e. The van der Waals surface area contributed by atoms with E-state index in [1.807, 2.05) is 13.0 Å². The lowest BCUT2D eigenvalue weighted by atomic mass is 10.1. The largest absolute Gasteiger partial charge is 0.380 e. The van der Waals surface area contributed by atoms with Gasteiger partial charge >= 0.3 is 0 Å². The number of halogens is 2. The van der Waals surface area contributed by atoms with Crippen molar-refractivity contribution in [2.75, 3.05) is 0 Å². The Morgan fingerprint density at radius 3 is 3.00 bits per heavy atom. The molecule has 18 heavy (non-hydrogen) atoms. The fourth-order valence-electron chi connectivity index (χ4n) is 1.76. The summed E-state index contributed by atoms with van der Waals surface area (Å²) in [6, 6.07) is 3.63. The Morgan fingerprint density at radius 1 is 1.56 bits per heavy atom. The van der Waals surface area contributed by atoms with Crippen molar-refractivity contribution in [2.24, 2.45) is 0 Å². The van der Waals surface area contributed by atoms with Crippen LogP contribution in [-0.2, 0) is 6.54 Å². The van der Waals surface area contributed by atoms with Crippen molar-refractivity contribution in [2.45, 2.75) is 26.0 Å². The van der Waals surface area contributed by atoms with E-state index in [0.29, 0.717) is 23.0 Å². The van der Waals surface area contributed by atoms with Crippen molar-refractivity contribution in [1.82, 2.24) is 14.8 Å². The molecule has 2 aromatic rings. The summed E-state index contributed by atoms with van der Waals surface area (Å²) in [4.78, 5) is 4.18. The molecule has 0 spiro atoms. The molecule has 0 saturated heterocycles. The quantitative estimate of drug-likeness (QED) is 0.936. The number of aliphatic hydroxyl groups excluding tert-OH is 1. The van der Waals surface area contributed by atoms with E-state index in [9.17, 15) is 5.11 Å². The van der Waals surface area contributed by atoms with Gasteiger partial charge in [0, 0.05) is 17.2 Å². The smallest absolute Gasteiger partial charge is 0.140 e. The van der Waals surface area contributed by atoms with E-state index in [1.165, 1.54) is 0 Å². The number of hydrogen-bond donors (Lipinski definition) is 1. The van der Waals surface area contributed by atoms with E-state index in [0.717, 1.165) is 10.9 Å². The molecule has 96 valence electrons. The average Bonchev–Trinajstić information content (AvgIpc) is 2.71. The zero-order valence-electron chi connectivity index (χ0n) is 9.85. The van der Waals surface area contributed by atoms with Crippen LogP contribution < -0.4 is 0 Å². The fraction of sp³-hybridized carbons (Fsp3) is 0.333. The molecule has 6 heteroatoms. The van der Waals surface area contributed by atoms with Crippen LogP contribution in [0.2, 0.25) is 5.02 Å². The first-order chi connectivity index (χ1) is 8.65. The van der Waals surface area contributed by atoms with Gasteiger partial charge in [-0.2, -0.15) is 5.10 Å². The molecule has 1 N–H and O–H groups in total. The number of pyridine rings is 1. The van der Waals surface area contributed by atoms with Gasteiger partial charge in [0.15, 0.2) is 0 Å². The highest BCUT2D eigenvalue weighted by Crippen LogP contribution is 2.30. The zero-order valence-corrected chi connectivity index (χ0v) is 12.2. The first kappa shape index (κ1) is 13.5. The Kier molecular flexibility index (Phi) is 4.37. The van der Waals surface area contributed by atoms with Gasteiger partial charge in [0.25, 0.3) is 0 Å². The normalized spacial score (nSPS) is 12.7. The number of aliphatic hydroxyl groups is 1. The second-order valence-electron chi connectivity index (χ2n) is 3.87. The minimum absolute atomic E-state index is 0.452. The third kappa shape index (κ3) is 2.58. The second-order valence-corrected chi connectivity index (χ2v) is 5.14. The Bertz CT molecular complexity index is 544. The number of aryl methyl sites for hydroxylation is 1. The minimum Gasteiger partial charge on any atom is -0.380 e. The van der Waals surface area contributed by atoms with Crippen LogP contribution >= 0.6 is 27.5 Å². The van der Waals surface area contributed by atoms with E-state index in [2.05, 4.69) is 26.0 Å². The summed E-state index contributed by atoms with van der Waals surface area (Å²) >= 11 is 9.47. The molecular formula is C12H13BrClN3O. The summed E-state index contributed by atoms with van der Waals surface area (Å²) in [5.74, 6) is 0. The van der Waals surface area contributed by atoms with Crippen LogP contribution in [0.5, 0.6) is 0 Å². The number of nitrogens with zero attached hydrogens (tertiary/aromatic N) is 3. The van der Waals surface area contributed by atoms with Gasteiger partial charge in [-0.15, -0.1) is 0 Å². The molecule has 1 unspecified atom stereocenters. The number of aromatic nitrogens is 3. The van der Waals surface area contributed by atoms with E-state index < -0.39 is 6.10 Å². The molecule has 4 nitrogen and oxygen atoms in total. The Balaban J connectivity index is 2.42. The summed E-state index contributed by atoms with van der Waals surface area (Å²) in [7, 11) is 0. The minimum atomic E-state index is -0.887. The van der Waals surface area contributed by atoms with Crippen molar-refractivity contribution in [3.8, 4) is 0 Å². The zero-order chi connectivity index (χ0) is 13.1. The van der Waals surface area contributed by atoms with Crippen molar-refractivity contribution < 1.29 is 5.11 Å². The first-order valence-electron chi connectivity index (χ1n) is 5.64. The van der Waals surface area contributed by atoms with Crippen LogP contribution in [0.1, 0.15) is 30.8 Å². The van der Waals surface area contributed by atoms with Crippen LogP contribution in [-0.4, -0.2) is 19.9 Å². The van der Waals surface area contributed by atoms with Gasteiger partial charge in [-0.25, -0.2) is 0 Å². The molecule has 0 aromatic carbocycles. The monoisotopic (exact) mass is 329 g/mol. The number of rotatable bonds is 4. The molecule has 0 saturated carbocycles. The van der Waals surface area contributed by atoms with Crippen molar-refractivity contribution in [1.29, 1.82) is 0 Å². The van der Waals surface area contributed by atoms with Crippen LogP contribution in [0, 0.1) is 0 Å². The Morgan fingerprint density at radius 2 is 2.33 bits per heavy atom. The Hall–Kier alpha value is -0.910. The molecular weight excluding hydrogens is 318 g/mol. The predicted octanol–water partition coefficient (Wildman–Crippen LogP) is 3.19. The van der Waals surface area contributed by atoms with Crippen molar-refractivity contribution in [3.63, 3.8) is 0 Å². The summed E-state index contributed by atoms with van der Waals surface area (Å²) < 4.78 is 2.46. The maximum absolute atomic E-state index is 10.4. The molecule has 2 aromatic heterocycles. The molecule has 0 aliphatic heterocycles. The molecule has 0 bridgehead atoms. The lowest BCUT2D eigenvalue weighted by Crippen LogP contribution is -2.12. The number of hydrogen-bond acceptors (Lipinski definition) is 3. The van der Waals surface area contributed by atoms with Crippen LogP contribution in [0.25, 0.3) is 0 Å². The highest BCUT2D eigenvalue weighted by atomic mass is 79.9. The van der Waals surface area contributed by atoms with Crippen LogP contribution in [0.3, 0.4) is 0 Å². The van der Waals surface area contributed by atoms with Crippen molar-refractivity contribution in [3.05, 3.63) is 45.4 Å². The SMILES string of the molecule is CCCn1ncc(Cl)c1C(O)c1ncccc1Br. The van der Waals surface area contributed by atoms with Crippen molar-refractivity contribution >= 4 is 27.5 Å². The van der Waals surface area contributed by atoms with E-state index in [-0.39, 0.29) is 0 Å². The lowest BCUT2D eigenvalue weighted by Gasteiger charge is -2.14. The van der Waals surface area contributed by atoms with Gasteiger partial charge in [0.1, 0.15) is 6.10 Å². The molecule has 1 atom stereocenters. The van der Waals surface area contributed by atoms with Gasteiger partial charge in [0.05, 0.1) is 22.6 Å². The maximum atomic E-state index is 10.4. The average molecular weight is 331 g/mol. The summed E-state index contributed by atoms with van der Waals surface area (Å²) in [6.07, 6.45) is 3.22. The first-order valence-corrected chi connectivity index (χ1v) is 6.82. The summed E-state index contributed by atoms with van der Waals surface area (Å²) in [5, 5.41) is 15.0. The third-order valence-corrected chi connectivity index (χ3v) is 3.54. The highest BCUT2D eigenvalue weighted by Gasteiger charge is 2.22. The van der Waals surface area contributed by atoms with E-state index in [4.69, 9.17) is 11.6 Å². The Labute approximate surface area is 119 Å². The van der Waals surface area contributed by atoms with Crippen LogP contribution in [0.4, 0.5) is 0 Å². The third-order valence-electron chi connectivity index (χ3n) is 2.57. The highest BCUT2D eigenvalue weighted by molar-refractivity contribution is 9.10. The summed E-state index contributed by atoms with van der Waals surface area (Å²) in [6.45, 7) is 2.76. The standard InChI is InChI=1S/C12H13BrClN3O/c1-2-6-17-11(9(14)7-16-17)12(18)10-8(13)4-3-5-15-10/h3-5,7,12,18H,2,6H2,1H3. The molecule has 0 radical (unpaired) electrons. The van der Waals surface area contributed by atoms with E-state index >= 15 is 0 Å². The second kappa shape index (κ2) is 5.82. The lowest BCUT2D eigenvalue weighted by molar-refractivity contribution is 0.202. The van der Waals surface area contributed by atoms with Gasteiger partial charge in [0.2, 0.25) is 0 Å². The van der Waals surface area contributed by atoms with Gasteiger partial charge in [-0.05, 0) is 34.5 Å². The molecule has 0 aliphatic rings. The topological polar surface area (TPSA) is 50.9 Å².